The monoisotopic (exact) mass is 240 g/mol. The van der Waals surface area contributed by atoms with Gasteiger partial charge in [0.1, 0.15) is 0 Å². The van der Waals surface area contributed by atoms with Crippen LogP contribution in [0.25, 0.3) is 0 Å². The number of piperidine rings is 1. The molecule has 2 aliphatic rings. The van der Waals surface area contributed by atoms with Crippen molar-refractivity contribution in [3.8, 4) is 0 Å². The number of amides is 1. The van der Waals surface area contributed by atoms with Crippen LogP contribution in [0.15, 0.2) is 0 Å². The Bertz CT molecular complexity index is 319. The second-order valence-corrected chi connectivity index (χ2v) is 5.16. The number of carboxylic acids is 1. The summed E-state index contributed by atoms with van der Waals surface area (Å²) in [6.07, 6.45) is 3.86. The predicted molar refractivity (Wildman–Crippen MR) is 62.6 cm³/mol. The third-order valence-electron chi connectivity index (χ3n) is 3.90. The largest absolute Gasteiger partial charge is 0.481 e. The number of carbonyl (C=O) groups is 2. The van der Waals surface area contributed by atoms with Crippen LogP contribution in [0.4, 0.5) is 0 Å². The Morgan fingerprint density at radius 3 is 3.00 bits per heavy atom. The lowest BCUT2D eigenvalue weighted by molar-refractivity contribution is -0.137. The first-order valence-corrected chi connectivity index (χ1v) is 6.35. The summed E-state index contributed by atoms with van der Waals surface area (Å²) in [4.78, 5) is 24.6. The Morgan fingerprint density at radius 2 is 2.29 bits per heavy atom. The molecular weight excluding hydrogens is 220 g/mol. The van der Waals surface area contributed by atoms with E-state index >= 15 is 0 Å². The zero-order valence-corrected chi connectivity index (χ0v) is 10.1. The topological polar surface area (TPSA) is 69.6 Å². The van der Waals surface area contributed by atoms with E-state index in [1.54, 1.807) is 0 Å². The van der Waals surface area contributed by atoms with Crippen molar-refractivity contribution in [1.29, 1.82) is 0 Å². The quantitative estimate of drug-likeness (QED) is 0.748. The molecule has 0 radical (unpaired) electrons. The molecule has 5 heteroatoms. The van der Waals surface area contributed by atoms with Crippen molar-refractivity contribution in [2.24, 2.45) is 5.41 Å². The number of likely N-dealkylation sites (tertiary alicyclic amines) is 1. The van der Waals surface area contributed by atoms with Gasteiger partial charge in [-0.1, -0.05) is 0 Å². The lowest BCUT2D eigenvalue weighted by Crippen LogP contribution is -2.47. The van der Waals surface area contributed by atoms with E-state index in [1.165, 1.54) is 0 Å². The average molecular weight is 240 g/mol. The number of carboxylic acid groups (broad SMARTS) is 1. The molecule has 2 rings (SSSR count). The minimum Gasteiger partial charge on any atom is -0.481 e. The molecule has 5 nitrogen and oxygen atoms in total. The van der Waals surface area contributed by atoms with Crippen LogP contribution < -0.4 is 5.32 Å². The Kier molecular flexibility index (Phi) is 3.66. The molecule has 0 aromatic heterocycles. The Labute approximate surface area is 101 Å². The molecule has 96 valence electrons. The summed E-state index contributed by atoms with van der Waals surface area (Å²) in [7, 11) is 0. The van der Waals surface area contributed by atoms with Gasteiger partial charge >= 0.3 is 5.97 Å². The van der Waals surface area contributed by atoms with E-state index < -0.39 is 5.97 Å². The maximum Gasteiger partial charge on any atom is 0.303 e. The lowest BCUT2D eigenvalue weighted by atomic mass is 9.79. The fourth-order valence-electron chi connectivity index (χ4n) is 2.92. The van der Waals surface area contributed by atoms with E-state index in [2.05, 4.69) is 10.2 Å². The predicted octanol–water partition coefficient (Wildman–Crippen LogP) is 0.453. The standard InChI is InChI=1S/C12H20N2O3/c15-10(16)3-1-7-14-8-5-12(9-14)4-2-6-13-11(12)17/h1-9H2,(H,13,17)(H,15,16). The van der Waals surface area contributed by atoms with Crippen LogP contribution in [-0.2, 0) is 9.59 Å². The maximum atomic E-state index is 11.9. The number of hydrogen-bond acceptors (Lipinski definition) is 3. The molecule has 0 aromatic carbocycles. The summed E-state index contributed by atoms with van der Waals surface area (Å²) in [6.45, 7) is 3.33. The number of aliphatic carboxylic acids is 1. The second-order valence-electron chi connectivity index (χ2n) is 5.16. The van der Waals surface area contributed by atoms with Crippen molar-refractivity contribution in [2.75, 3.05) is 26.2 Å². The summed E-state index contributed by atoms with van der Waals surface area (Å²) in [5, 5.41) is 11.5. The third-order valence-corrected chi connectivity index (χ3v) is 3.90. The van der Waals surface area contributed by atoms with Gasteiger partial charge in [0, 0.05) is 19.5 Å². The highest BCUT2D eigenvalue weighted by molar-refractivity contribution is 5.84. The number of rotatable bonds is 4. The molecule has 2 N–H and O–H groups in total. The molecule has 0 aromatic rings. The minimum atomic E-state index is -0.741. The molecule has 2 saturated heterocycles. The van der Waals surface area contributed by atoms with Crippen LogP contribution in [0.1, 0.15) is 32.1 Å². The van der Waals surface area contributed by atoms with Crippen LogP contribution >= 0.6 is 0 Å². The fourth-order valence-corrected chi connectivity index (χ4v) is 2.92. The van der Waals surface area contributed by atoms with Gasteiger partial charge in [0.05, 0.1) is 5.41 Å². The molecule has 1 spiro atoms. The number of carbonyl (C=O) groups excluding carboxylic acids is 1. The van der Waals surface area contributed by atoms with Crippen molar-refractivity contribution in [1.82, 2.24) is 10.2 Å². The zero-order chi connectivity index (χ0) is 12.3. The zero-order valence-electron chi connectivity index (χ0n) is 10.1. The summed E-state index contributed by atoms with van der Waals surface area (Å²) < 4.78 is 0. The normalized spacial score (nSPS) is 29.5. The van der Waals surface area contributed by atoms with E-state index in [-0.39, 0.29) is 17.7 Å². The molecule has 1 atom stereocenters. The van der Waals surface area contributed by atoms with Crippen molar-refractivity contribution in [2.45, 2.75) is 32.1 Å². The summed E-state index contributed by atoms with van der Waals surface area (Å²) in [5.41, 5.74) is -0.179. The van der Waals surface area contributed by atoms with Gasteiger partial charge in [0.2, 0.25) is 5.91 Å². The van der Waals surface area contributed by atoms with Gasteiger partial charge in [0.25, 0.3) is 0 Å². The molecule has 2 fully saturated rings. The second kappa shape index (κ2) is 5.04. The van der Waals surface area contributed by atoms with Gasteiger partial charge < -0.3 is 15.3 Å². The highest BCUT2D eigenvalue weighted by Crippen LogP contribution is 2.37. The number of nitrogens with zero attached hydrogens (tertiary/aromatic N) is 1. The highest BCUT2D eigenvalue weighted by Gasteiger charge is 2.45. The highest BCUT2D eigenvalue weighted by atomic mass is 16.4. The Balaban J connectivity index is 1.82. The molecular formula is C12H20N2O3. The molecule has 0 saturated carbocycles. The molecule has 2 aliphatic heterocycles. The van der Waals surface area contributed by atoms with Crippen LogP contribution in [0.5, 0.6) is 0 Å². The summed E-state index contributed by atoms with van der Waals surface area (Å²) in [6, 6.07) is 0. The van der Waals surface area contributed by atoms with E-state index in [9.17, 15) is 9.59 Å². The maximum absolute atomic E-state index is 11.9. The van der Waals surface area contributed by atoms with Crippen LogP contribution in [0.2, 0.25) is 0 Å². The molecule has 1 amide bonds. The van der Waals surface area contributed by atoms with Gasteiger partial charge in [-0.2, -0.15) is 0 Å². The van der Waals surface area contributed by atoms with E-state index in [4.69, 9.17) is 5.11 Å². The lowest BCUT2D eigenvalue weighted by Gasteiger charge is -2.32. The first-order chi connectivity index (χ1) is 8.12. The summed E-state index contributed by atoms with van der Waals surface area (Å²) >= 11 is 0. The fraction of sp³-hybridized carbons (Fsp3) is 0.833. The van der Waals surface area contributed by atoms with Crippen LogP contribution in [0, 0.1) is 5.41 Å². The molecule has 0 aliphatic carbocycles. The Morgan fingerprint density at radius 1 is 1.47 bits per heavy atom. The van der Waals surface area contributed by atoms with E-state index in [0.717, 1.165) is 45.4 Å². The van der Waals surface area contributed by atoms with Crippen LogP contribution in [-0.4, -0.2) is 48.1 Å². The molecule has 1 unspecified atom stereocenters. The van der Waals surface area contributed by atoms with Gasteiger partial charge in [-0.15, -0.1) is 0 Å². The van der Waals surface area contributed by atoms with E-state index in [0.29, 0.717) is 6.42 Å². The van der Waals surface area contributed by atoms with Gasteiger partial charge in [-0.05, 0) is 38.8 Å². The number of nitrogens with one attached hydrogen (secondary N) is 1. The molecule has 17 heavy (non-hydrogen) atoms. The van der Waals surface area contributed by atoms with Crippen molar-refractivity contribution in [3.63, 3.8) is 0 Å². The van der Waals surface area contributed by atoms with Crippen molar-refractivity contribution < 1.29 is 14.7 Å². The Hall–Kier alpha value is -1.10. The summed E-state index contributed by atoms with van der Waals surface area (Å²) in [5.74, 6) is -0.543. The van der Waals surface area contributed by atoms with Crippen molar-refractivity contribution >= 4 is 11.9 Å². The van der Waals surface area contributed by atoms with Crippen molar-refractivity contribution in [3.05, 3.63) is 0 Å². The SMILES string of the molecule is O=C(O)CCCN1CCC2(CCCNC2=O)C1. The van der Waals surface area contributed by atoms with E-state index in [1.807, 2.05) is 0 Å². The average Bonchev–Trinajstić information content (AvgIpc) is 2.67. The van der Waals surface area contributed by atoms with Crippen LogP contribution in [0.3, 0.4) is 0 Å². The van der Waals surface area contributed by atoms with Gasteiger partial charge in [0.15, 0.2) is 0 Å². The minimum absolute atomic E-state index is 0.179. The molecule has 0 bridgehead atoms. The first-order valence-electron chi connectivity index (χ1n) is 6.35. The van der Waals surface area contributed by atoms with Gasteiger partial charge in [-0.3, -0.25) is 9.59 Å². The first kappa shape index (κ1) is 12.4. The number of hydrogen-bond donors (Lipinski definition) is 2. The molecule has 2 heterocycles. The van der Waals surface area contributed by atoms with Gasteiger partial charge in [-0.25, -0.2) is 0 Å². The third kappa shape index (κ3) is 2.77. The smallest absolute Gasteiger partial charge is 0.303 e.